The van der Waals surface area contributed by atoms with Crippen LogP contribution in [0.3, 0.4) is 0 Å². The van der Waals surface area contributed by atoms with E-state index in [2.05, 4.69) is 0 Å². The minimum atomic E-state index is -4.41. The first kappa shape index (κ1) is 26.3. The van der Waals surface area contributed by atoms with Crippen LogP contribution in [0.1, 0.15) is 24.0 Å². The molecule has 0 radical (unpaired) electrons. The smallest absolute Gasteiger partial charge is 0.310 e. The minimum absolute atomic E-state index is 0.0287. The average Bonchev–Trinajstić information content (AvgIpc) is 2.92. The van der Waals surface area contributed by atoms with Gasteiger partial charge in [0.25, 0.3) is 5.91 Å². The summed E-state index contributed by atoms with van der Waals surface area (Å²) in [6.45, 7) is 0.308. The number of carbonyl (C=O) groups is 2. The van der Waals surface area contributed by atoms with Crippen LogP contribution >= 0.6 is 0 Å². The number of methoxy groups -OCH3 is 1. The summed E-state index contributed by atoms with van der Waals surface area (Å²) in [4.78, 5) is 25.1. The van der Waals surface area contributed by atoms with Crippen molar-refractivity contribution in [1.29, 1.82) is 5.41 Å². The molecule has 0 saturated carbocycles. The van der Waals surface area contributed by atoms with Gasteiger partial charge in [0.1, 0.15) is 5.84 Å². The normalized spacial score (nSPS) is 17.7. The molecule has 0 spiro atoms. The number of hydrogen-bond acceptors (Lipinski definition) is 7. The lowest BCUT2D eigenvalue weighted by molar-refractivity contribution is -0.149. The summed E-state index contributed by atoms with van der Waals surface area (Å²) in [6, 6.07) is 18.4. The molecule has 2 atom stereocenters. The number of ether oxygens (including phenoxy) is 1. The zero-order chi connectivity index (χ0) is 26.8. The molecule has 1 unspecified atom stereocenters. The lowest BCUT2D eigenvalue weighted by Gasteiger charge is -2.38. The van der Waals surface area contributed by atoms with Crippen molar-refractivity contribution in [3.8, 4) is 0 Å². The Kier molecular flexibility index (Phi) is 7.33. The van der Waals surface area contributed by atoms with Gasteiger partial charge in [0.2, 0.25) is 14.7 Å². The molecule has 1 saturated heterocycles. The third-order valence-electron chi connectivity index (χ3n) is 6.85. The standard InChI is InChI=1S/C27H30N4O5S/c1-36-25(32)22-7-4-14-31(17-22)26(33)27(30,16-18-8-10-20(11-9-18)24(28)29)37(34,35)23-13-12-19-5-2-3-6-21(19)15-23/h2-3,5-6,8-13,15,22H,4,7,14,16-17,30H2,1H3,(H3,28,29)/t22?,27-/m1/s1. The lowest BCUT2D eigenvalue weighted by Crippen LogP contribution is -2.63. The van der Waals surface area contributed by atoms with E-state index in [1.807, 2.05) is 12.1 Å². The lowest BCUT2D eigenvalue weighted by atomic mass is 9.96. The van der Waals surface area contributed by atoms with Crippen molar-refractivity contribution >= 4 is 38.3 Å². The van der Waals surface area contributed by atoms with E-state index in [0.29, 0.717) is 29.4 Å². The Balaban J connectivity index is 1.77. The van der Waals surface area contributed by atoms with E-state index in [-0.39, 0.29) is 30.2 Å². The minimum Gasteiger partial charge on any atom is -0.469 e. The van der Waals surface area contributed by atoms with Gasteiger partial charge in [0.05, 0.1) is 17.9 Å². The van der Waals surface area contributed by atoms with E-state index in [4.69, 9.17) is 21.6 Å². The average molecular weight is 523 g/mol. The van der Waals surface area contributed by atoms with Crippen LogP contribution in [-0.2, 0) is 30.6 Å². The van der Waals surface area contributed by atoms with E-state index in [1.54, 1.807) is 42.5 Å². The Morgan fingerprint density at radius 2 is 1.76 bits per heavy atom. The molecule has 1 amide bonds. The number of nitrogen functional groups attached to an aromatic ring is 1. The van der Waals surface area contributed by atoms with Gasteiger partial charge in [-0.2, -0.15) is 0 Å². The highest BCUT2D eigenvalue weighted by Gasteiger charge is 2.51. The quantitative estimate of drug-likeness (QED) is 0.244. The van der Waals surface area contributed by atoms with Gasteiger partial charge in [-0.05, 0) is 41.3 Å². The predicted molar refractivity (Wildman–Crippen MR) is 141 cm³/mol. The first-order valence-corrected chi connectivity index (χ1v) is 13.4. The zero-order valence-corrected chi connectivity index (χ0v) is 21.3. The molecule has 1 aliphatic heterocycles. The van der Waals surface area contributed by atoms with Crippen molar-refractivity contribution in [1.82, 2.24) is 4.90 Å². The summed E-state index contributed by atoms with van der Waals surface area (Å²) in [6.07, 6.45) is 0.751. The predicted octanol–water partition coefficient (Wildman–Crippen LogP) is 2.21. The molecule has 3 aromatic rings. The maximum absolute atomic E-state index is 14.1. The molecule has 5 N–H and O–H groups in total. The van der Waals surface area contributed by atoms with Gasteiger partial charge in [-0.1, -0.05) is 54.6 Å². The fraction of sp³-hybridized carbons (Fsp3) is 0.296. The number of nitrogens with one attached hydrogen (secondary N) is 1. The topological polar surface area (TPSA) is 157 Å². The molecule has 0 aliphatic carbocycles. The van der Waals surface area contributed by atoms with Crippen LogP contribution in [0.4, 0.5) is 0 Å². The van der Waals surface area contributed by atoms with Crippen LogP contribution in [0.2, 0.25) is 0 Å². The number of nitrogens with zero attached hydrogens (tertiary/aromatic N) is 1. The van der Waals surface area contributed by atoms with Gasteiger partial charge in [0.15, 0.2) is 0 Å². The second-order valence-corrected chi connectivity index (χ2v) is 11.5. The monoisotopic (exact) mass is 522 g/mol. The summed E-state index contributed by atoms with van der Waals surface area (Å²) in [5.41, 5.74) is 13.1. The molecule has 10 heteroatoms. The summed E-state index contributed by atoms with van der Waals surface area (Å²) in [5, 5.41) is 9.15. The molecular formula is C27H30N4O5S. The fourth-order valence-corrected chi connectivity index (χ4v) is 6.39. The van der Waals surface area contributed by atoms with Gasteiger partial charge in [-0.15, -0.1) is 0 Å². The van der Waals surface area contributed by atoms with Crippen LogP contribution in [0, 0.1) is 11.3 Å². The van der Waals surface area contributed by atoms with Crippen LogP contribution in [0.15, 0.2) is 71.6 Å². The number of rotatable bonds is 7. The van der Waals surface area contributed by atoms with Gasteiger partial charge < -0.3 is 21.1 Å². The Hall–Kier alpha value is -3.76. The Labute approximate surface area is 215 Å². The summed E-state index contributed by atoms with van der Waals surface area (Å²) in [7, 11) is -3.12. The van der Waals surface area contributed by atoms with Gasteiger partial charge in [-0.25, -0.2) is 8.42 Å². The Morgan fingerprint density at radius 1 is 1.08 bits per heavy atom. The third kappa shape index (κ3) is 5.07. The molecule has 0 aromatic heterocycles. The molecule has 3 aromatic carbocycles. The summed E-state index contributed by atoms with van der Waals surface area (Å²) in [5.74, 6) is -1.90. The molecule has 1 aliphatic rings. The number of benzene rings is 3. The van der Waals surface area contributed by atoms with Crippen molar-refractivity contribution in [3.05, 3.63) is 77.9 Å². The maximum atomic E-state index is 14.1. The number of carbonyl (C=O) groups excluding carboxylic acids is 2. The second-order valence-electron chi connectivity index (χ2n) is 9.30. The SMILES string of the molecule is COC(=O)C1CCCN(C(=O)[C@@](N)(Cc2ccc(C(=N)N)cc2)S(=O)(=O)c2ccc3ccccc3c2)C1. The number of piperidine rings is 1. The highest BCUT2D eigenvalue weighted by Crippen LogP contribution is 2.31. The number of likely N-dealkylation sites (tertiary alicyclic amines) is 1. The molecule has 9 nitrogen and oxygen atoms in total. The molecule has 4 rings (SSSR count). The first-order valence-electron chi connectivity index (χ1n) is 11.9. The molecule has 37 heavy (non-hydrogen) atoms. The van der Waals surface area contributed by atoms with Gasteiger partial charge >= 0.3 is 5.97 Å². The Morgan fingerprint density at radius 3 is 2.41 bits per heavy atom. The number of fused-ring (bicyclic) bond motifs is 1. The maximum Gasteiger partial charge on any atom is 0.310 e. The van der Waals surface area contributed by atoms with Crippen molar-refractivity contribution in [2.45, 2.75) is 29.0 Å². The van der Waals surface area contributed by atoms with Crippen LogP contribution in [-0.4, -0.2) is 56.1 Å². The van der Waals surface area contributed by atoms with Crippen LogP contribution < -0.4 is 11.5 Å². The molecular weight excluding hydrogens is 492 g/mol. The highest BCUT2D eigenvalue weighted by atomic mass is 32.2. The van der Waals surface area contributed by atoms with E-state index in [1.165, 1.54) is 24.1 Å². The van der Waals surface area contributed by atoms with Crippen molar-refractivity contribution in [3.63, 3.8) is 0 Å². The number of amidine groups is 1. The van der Waals surface area contributed by atoms with Crippen molar-refractivity contribution in [2.75, 3.05) is 20.2 Å². The second kappa shape index (κ2) is 10.3. The van der Waals surface area contributed by atoms with Crippen molar-refractivity contribution in [2.24, 2.45) is 17.4 Å². The van der Waals surface area contributed by atoms with Crippen LogP contribution in [0.5, 0.6) is 0 Å². The molecule has 1 fully saturated rings. The number of nitrogens with two attached hydrogens (primary N) is 2. The van der Waals surface area contributed by atoms with Crippen LogP contribution in [0.25, 0.3) is 10.8 Å². The number of sulfone groups is 1. The number of amides is 1. The zero-order valence-electron chi connectivity index (χ0n) is 20.5. The number of hydrogen-bond donors (Lipinski definition) is 3. The van der Waals surface area contributed by atoms with E-state index in [9.17, 15) is 18.0 Å². The largest absolute Gasteiger partial charge is 0.469 e. The molecule has 1 heterocycles. The first-order chi connectivity index (χ1) is 17.6. The van der Waals surface area contributed by atoms with Gasteiger partial charge in [0, 0.05) is 25.1 Å². The summed E-state index contributed by atoms with van der Waals surface area (Å²) >= 11 is 0. The van der Waals surface area contributed by atoms with Gasteiger partial charge in [-0.3, -0.25) is 15.0 Å². The van der Waals surface area contributed by atoms with E-state index < -0.39 is 32.5 Å². The summed E-state index contributed by atoms with van der Waals surface area (Å²) < 4.78 is 33.1. The molecule has 0 bridgehead atoms. The third-order valence-corrected chi connectivity index (χ3v) is 9.00. The fourth-order valence-electron chi connectivity index (χ4n) is 4.72. The van der Waals surface area contributed by atoms with E-state index in [0.717, 1.165) is 5.39 Å². The Bertz CT molecular complexity index is 1460. The molecule has 194 valence electrons. The van der Waals surface area contributed by atoms with Crippen molar-refractivity contribution < 1.29 is 22.7 Å². The highest BCUT2D eigenvalue weighted by molar-refractivity contribution is 7.93. The number of esters is 1. The van der Waals surface area contributed by atoms with E-state index >= 15 is 0 Å².